The number of thiophene rings is 1. The molecule has 16 heavy (non-hydrogen) atoms. The van der Waals surface area contributed by atoms with Gasteiger partial charge < -0.3 is 5.32 Å². The number of nitrogens with zero attached hydrogens (tertiary/aromatic N) is 1. The second-order valence-corrected chi connectivity index (χ2v) is 4.97. The van der Waals surface area contributed by atoms with Crippen LogP contribution in [0.4, 0.5) is 0 Å². The van der Waals surface area contributed by atoms with Crippen LogP contribution in [-0.4, -0.2) is 12.5 Å². The summed E-state index contributed by atoms with van der Waals surface area (Å²) in [5.41, 5.74) is 2.58. The van der Waals surface area contributed by atoms with E-state index in [1.54, 1.807) is 11.3 Å². The van der Waals surface area contributed by atoms with E-state index in [4.69, 9.17) is 5.84 Å². The van der Waals surface area contributed by atoms with Crippen LogP contribution in [-0.2, 0) is 6.54 Å². The molecule has 0 amide bonds. The second kappa shape index (κ2) is 7.24. The molecule has 90 valence electrons. The molecule has 0 saturated carbocycles. The molecule has 0 aliphatic heterocycles. The van der Waals surface area contributed by atoms with Crippen LogP contribution < -0.4 is 16.6 Å². The number of hydrazine groups is 1. The molecule has 0 fully saturated rings. The van der Waals surface area contributed by atoms with Crippen molar-refractivity contribution in [3.8, 4) is 0 Å². The van der Waals surface area contributed by atoms with Gasteiger partial charge in [0.05, 0.1) is 6.54 Å². The zero-order valence-electron chi connectivity index (χ0n) is 9.92. The Morgan fingerprint density at radius 3 is 2.88 bits per heavy atom. The summed E-state index contributed by atoms with van der Waals surface area (Å²) in [5.74, 6) is 6.05. The van der Waals surface area contributed by atoms with E-state index in [9.17, 15) is 0 Å². The summed E-state index contributed by atoms with van der Waals surface area (Å²) < 4.78 is 0. The van der Waals surface area contributed by atoms with Crippen LogP contribution in [0.15, 0.2) is 17.1 Å². The van der Waals surface area contributed by atoms with Gasteiger partial charge in [-0.05, 0) is 25.5 Å². The Kier molecular flexibility index (Phi) is 5.88. The first-order valence-corrected chi connectivity index (χ1v) is 6.38. The molecule has 0 radical (unpaired) electrons. The lowest BCUT2D eigenvalue weighted by atomic mass is 10.3. The van der Waals surface area contributed by atoms with Gasteiger partial charge in [0.25, 0.3) is 0 Å². The van der Waals surface area contributed by atoms with Gasteiger partial charge in [0.1, 0.15) is 0 Å². The summed E-state index contributed by atoms with van der Waals surface area (Å²) in [5, 5.41) is 3.17. The highest BCUT2D eigenvalue weighted by Gasteiger charge is 1.97. The lowest BCUT2D eigenvalue weighted by molar-refractivity contribution is 0.732. The van der Waals surface area contributed by atoms with E-state index in [1.165, 1.54) is 9.75 Å². The molecule has 4 nitrogen and oxygen atoms in total. The lowest BCUT2D eigenvalue weighted by Crippen LogP contribution is -2.41. The van der Waals surface area contributed by atoms with Gasteiger partial charge in [-0.15, -0.1) is 11.3 Å². The smallest absolute Gasteiger partial charge is 0.206 e. The normalized spacial score (nSPS) is 11.6. The summed E-state index contributed by atoms with van der Waals surface area (Å²) in [7, 11) is 0. The number of hydrogen-bond donors (Lipinski definition) is 3. The standard InChI is InChI=1S/C11H20N4S/c1-3-4-7-13-11(15-12)14-8-10-6-5-9(2)16-10/h5-6H,3-4,7-8,12H2,1-2H3,(H2,13,14,15). The summed E-state index contributed by atoms with van der Waals surface area (Å²) in [6, 6.07) is 4.21. The number of unbranched alkanes of at least 4 members (excludes halogenated alkanes) is 1. The third kappa shape index (κ3) is 4.63. The zero-order chi connectivity index (χ0) is 11.8. The fourth-order valence-corrected chi connectivity index (χ4v) is 2.08. The van der Waals surface area contributed by atoms with Crippen molar-refractivity contribution >= 4 is 17.3 Å². The Labute approximate surface area is 101 Å². The SMILES string of the molecule is CCCCNC(=NCc1ccc(C)s1)NN. The van der Waals surface area contributed by atoms with Gasteiger partial charge in [-0.1, -0.05) is 13.3 Å². The molecule has 0 aromatic carbocycles. The summed E-state index contributed by atoms with van der Waals surface area (Å²) in [4.78, 5) is 6.94. The molecule has 0 aliphatic rings. The van der Waals surface area contributed by atoms with E-state index in [0.29, 0.717) is 12.5 Å². The number of hydrogen-bond acceptors (Lipinski definition) is 3. The Morgan fingerprint density at radius 1 is 1.50 bits per heavy atom. The molecular formula is C11H20N4S. The largest absolute Gasteiger partial charge is 0.355 e. The first-order valence-electron chi connectivity index (χ1n) is 5.56. The van der Waals surface area contributed by atoms with Crippen molar-refractivity contribution < 1.29 is 0 Å². The van der Waals surface area contributed by atoms with Gasteiger partial charge in [0, 0.05) is 16.3 Å². The van der Waals surface area contributed by atoms with E-state index < -0.39 is 0 Å². The minimum atomic E-state index is 0.666. The predicted octanol–water partition coefficient (Wildman–Crippen LogP) is 1.77. The van der Waals surface area contributed by atoms with Crippen molar-refractivity contribution in [2.24, 2.45) is 10.8 Å². The number of aryl methyl sites for hydroxylation is 1. The van der Waals surface area contributed by atoms with Crippen LogP contribution in [0.1, 0.15) is 29.5 Å². The number of aliphatic imine (C=N–C) groups is 1. The Morgan fingerprint density at radius 2 is 2.31 bits per heavy atom. The highest BCUT2D eigenvalue weighted by Crippen LogP contribution is 2.15. The van der Waals surface area contributed by atoms with Gasteiger partial charge in [0.15, 0.2) is 0 Å². The van der Waals surface area contributed by atoms with Crippen LogP contribution in [0, 0.1) is 6.92 Å². The third-order valence-corrected chi connectivity index (χ3v) is 3.13. The van der Waals surface area contributed by atoms with Crippen LogP contribution in [0.2, 0.25) is 0 Å². The summed E-state index contributed by atoms with van der Waals surface area (Å²) >= 11 is 1.77. The number of nitrogens with two attached hydrogens (primary N) is 1. The molecule has 5 heteroatoms. The topological polar surface area (TPSA) is 62.4 Å². The minimum absolute atomic E-state index is 0.666. The fourth-order valence-electron chi connectivity index (χ4n) is 1.26. The molecule has 1 aromatic rings. The maximum atomic E-state index is 5.38. The van der Waals surface area contributed by atoms with Crippen molar-refractivity contribution in [2.75, 3.05) is 6.54 Å². The first kappa shape index (κ1) is 13.0. The van der Waals surface area contributed by atoms with Gasteiger partial charge >= 0.3 is 0 Å². The molecule has 1 aromatic heterocycles. The second-order valence-electron chi connectivity index (χ2n) is 3.60. The van der Waals surface area contributed by atoms with Gasteiger partial charge in [-0.3, -0.25) is 5.43 Å². The van der Waals surface area contributed by atoms with Gasteiger partial charge in [0.2, 0.25) is 5.96 Å². The van der Waals surface area contributed by atoms with Crippen molar-refractivity contribution in [1.29, 1.82) is 0 Å². The number of nitrogens with one attached hydrogen (secondary N) is 2. The Bertz CT molecular complexity index is 332. The average molecular weight is 240 g/mol. The van der Waals surface area contributed by atoms with Crippen molar-refractivity contribution in [3.05, 3.63) is 21.9 Å². The van der Waals surface area contributed by atoms with E-state index in [2.05, 4.69) is 41.7 Å². The quantitative estimate of drug-likeness (QED) is 0.242. The van der Waals surface area contributed by atoms with Gasteiger partial charge in [-0.2, -0.15) is 0 Å². The fraction of sp³-hybridized carbons (Fsp3) is 0.545. The predicted molar refractivity (Wildman–Crippen MR) is 70.4 cm³/mol. The first-order chi connectivity index (χ1) is 7.76. The highest BCUT2D eigenvalue weighted by atomic mass is 32.1. The Hall–Kier alpha value is -1.07. The number of rotatable bonds is 5. The minimum Gasteiger partial charge on any atom is -0.355 e. The van der Waals surface area contributed by atoms with Crippen LogP contribution in [0.3, 0.4) is 0 Å². The molecular weight excluding hydrogens is 220 g/mol. The Balaban J connectivity index is 2.40. The summed E-state index contributed by atoms with van der Waals surface area (Å²) in [6.07, 6.45) is 2.29. The van der Waals surface area contributed by atoms with E-state index in [-0.39, 0.29) is 0 Å². The molecule has 0 aliphatic carbocycles. The molecule has 4 N–H and O–H groups in total. The molecule has 0 saturated heterocycles. The van der Waals surface area contributed by atoms with E-state index in [1.807, 2.05) is 0 Å². The molecule has 1 rings (SSSR count). The molecule has 0 spiro atoms. The third-order valence-electron chi connectivity index (χ3n) is 2.15. The molecule has 1 heterocycles. The molecule has 0 atom stereocenters. The van der Waals surface area contributed by atoms with Crippen LogP contribution in [0.25, 0.3) is 0 Å². The molecule has 0 bridgehead atoms. The lowest BCUT2D eigenvalue weighted by Gasteiger charge is -2.07. The summed E-state index contributed by atoms with van der Waals surface area (Å²) in [6.45, 7) is 5.84. The monoisotopic (exact) mass is 240 g/mol. The van der Waals surface area contributed by atoms with Crippen molar-refractivity contribution in [1.82, 2.24) is 10.7 Å². The van der Waals surface area contributed by atoms with Crippen molar-refractivity contribution in [3.63, 3.8) is 0 Å². The number of guanidine groups is 1. The van der Waals surface area contributed by atoms with Crippen LogP contribution >= 0.6 is 11.3 Å². The average Bonchev–Trinajstić information content (AvgIpc) is 2.69. The maximum Gasteiger partial charge on any atom is 0.206 e. The highest BCUT2D eigenvalue weighted by molar-refractivity contribution is 7.11. The van der Waals surface area contributed by atoms with Crippen molar-refractivity contribution in [2.45, 2.75) is 33.2 Å². The van der Waals surface area contributed by atoms with Gasteiger partial charge in [-0.25, -0.2) is 10.8 Å². The zero-order valence-corrected chi connectivity index (χ0v) is 10.7. The van der Waals surface area contributed by atoms with Crippen LogP contribution in [0.5, 0.6) is 0 Å². The van der Waals surface area contributed by atoms with E-state index in [0.717, 1.165) is 19.4 Å². The maximum absolute atomic E-state index is 5.38. The van der Waals surface area contributed by atoms with E-state index >= 15 is 0 Å². The molecule has 0 unspecified atom stereocenters.